The third kappa shape index (κ3) is 2.89. The Balaban J connectivity index is 1.60. The van der Waals surface area contributed by atoms with Crippen LogP contribution >= 0.6 is 0 Å². The maximum atomic E-state index is 13.3. The van der Waals surface area contributed by atoms with Crippen molar-refractivity contribution in [2.75, 3.05) is 13.2 Å². The summed E-state index contributed by atoms with van der Waals surface area (Å²) >= 11 is 0. The molecule has 1 amide bonds. The number of carbonyl (C=O) groups excluding carboxylic acids is 1. The summed E-state index contributed by atoms with van der Waals surface area (Å²) in [6.07, 6.45) is -0.399. The molecule has 0 bridgehead atoms. The Morgan fingerprint density at radius 3 is 2.48 bits per heavy atom. The van der Waals surface area contributed by atoms with E-state index in [0.29, 0.717) is 12.1 Å². The number of carbonyl (C=O) groups is 1. The van der Waals surface area contributed by atoms with Crippen molar-refractivity contribution >= 4 is 16.9 Å². The van der Waals surface area contributed by atoms with Crippen molar-refractivity contribution in [3.8, 4) is 0 Å². The number of para-hydroxylation sites is 1. The zero-order chi connectivity index (χ0) is 19.8. The first-order valence-electron chi connectivity index (χ1n) is 9.63. The summed E-state index contributed by atoms with van der Waals surface area (Å²) < 4.78 is 1.80. The van der Waals surface area contributed by atoms with Crippen molar-refractivity contribution in [3.63, 3.8) is 0 Å². The number of aromatic nitrogens is 3. The Bertz CT molecular complexity index is 1170. The molecule has 3 aromatic carbocycles. The Labute approximate surface area is 168 Å². The minimum absolute atomic E-state index is 0.0467. The van der Waals surface area contributed by atoms with Crippen LogP contribution in [-0.2, 0) is 0 Å². The number of nitrogens with zero attached hydrogens (tertiary/aromatic N) is 4. The molecule has 1 aliphatic rings. The van der Waals surface area contributed by atoms with E-state index in [9.17, 15) is 9.90 Å². The summed E-state index contributed by atoms with van der Waals surface area (Å²) in [5.41, 5.74) is 4.22. The van der Waals surface area contributed by atoms with Gasteiger partial charge in [0.2, 0.25) is 0 Å². The van der Waals surface area contributed by atoms with Gasteiger partial charge in [0.25, 0.3) is 5.91 Å². The average Bonchev–Trinajstić information content (AvgIpc) is 3.31. The zero-order valence-corrected chi connectivity index (χ0v) is 15.7. The van der Waals surface area contributed by atoms with Crippen molar-refractivity contribution < 1.29 is 9.90 Å². The fraction of sp³-hybridized carbons (Fsp3) is 0.174. The first-order valence-corrected chi connectivity index (χ1v) is 9.63. The van der Waals surface area contributed by atoms with Gasteiger partial charge < -0.3 is 10.0 Å². The molecule has 5 rings (SSSR count). The van der Waals surface area contributed by atoms with Gasteiger partial charge in [-0.1, -0.05) is 65.9 Å². The second-order valence-electron chi connectivity index (χ2n) is 7.23. The fourth-order valence-corrected chi connectivity index (χ4v) is 4.10. The molecule has 29 heavy (non-hydrogen) atoms. The normalized spacial score (nSPS) is 16.9. The third-order valence-electron chi connectivity index (χ3n) is 5.54. The van der Waals surface area contributed by atoms with Crippen LogP contribution in [0, 0.1) is 0 Å². The van der Waals surface area contributed by atoms with E-state index in [2.05, 4.69) is 10.3 Å². The molecule has 1 aromatic heterocycles. The molecule has 0 spiro atoms. The monoisotopic (exact) mass is 384 g/mol. The van der Waals surface area contributed by atoms with Gasteiger partial charge in [0.15, 0.2) is 6.17 Å². The second kappa shape index (κ2) is 7.14. The third-order valence-corrected chi connectivity index (χ3v) is 5.54. The Kier molecular flexibility index (Phi) is 4.33. The molecule has 1 N–H and O–H groups in total. The van der Waals surface area contributed by atoms with Crippen molar-refractivity contribution in [2.45, 2.75) is 12.1 Å². The highest BCUT2D eigenvalue weighted by molar-refractivity contribution is 5.99. The minimum atomic E-state index is -0.399. The summed E-state index contributed by atoms with van der Waals surface area (Å²) in [5.74, 6) is -0.244. The lowest BCUT2D eigenvalue weighted by Gasteiger charge is -2.29. The summed E-state index contributed by atoms with van der Waals surface area (Å²) in [6, 6.07) is 25.1. The number of amides is 1. The van der Waals surface area contributed by atoms with Crippen LogP contribution in [0.2, 0.25) is 0 Å². The number of hydrogen-bond acceptors (Lipinski definition) is 4. The first kappa shape index (κ1) is 17.6. The Hall–Kier alpha value is -3.51. The summed E-state index contributed by atoms with van der Waals surface area (Å²) in [4.78, 5) is 15.1. The van der Waals surface area contributed by atoms with Crippen molar-refractivity contribution in [2.24, 2.45) is 0 Å². The molecule has 0 radical (unpaired) electrons. The molecular weight excluding hydrogens is 364 g/mol. The lowest BCUT2D eigenvalue weighted by Crippen LogP contribution is -2.36. The molecule has 1 unspecified atom stereocenters. The van der Waals surface area contributed by atoms with Crippen molar-refractivity contribution in [1.29, 1.82) is 0 Å². The highest BCUT2D eigenvalue weighted by Crippen LogP contribution is 2.37. The molecule has 0 aliphatic carbocycles. The largest absolute Gasteiger partial charge is 0.396 e. The van der Waals surface area contributed by atoms with Gasteiger partial charge in [-0.25, -0.2) is 4.68 Å². The van der Waals surface area contributed by atoms with Gasteiger partial charge >= 0.3 is 0 Å². The lowest BCUT2D eigenvalue weighted by atomic mass is 9.99. The second-order valence-corrected chi connectivity index (χ2v) is 7.23. The molecule has 6 heteroatoms. The zero-order valence-electron chi connectivity index (χ0n) is 15.7. The highest BCUT2D eigenvalue weighted by atomic mass is 16.3. The van der Waals surface area contributed by atoms with E-state index in [1.54, 1.807) is 9.58 Å². The van der Waals surface area contributed by atoms with E-state index in [1.165, 1.54) is 0 Å². The number of aliphatic hydroxyl groups excluding tert-OH is 1. The quantitative estimate of drug-likeness (QED) is 0.574. The van der Waals surface area contributed by atoms with Gasteiger partial charge in [0.05, 0.1) is 12.1 Å². The van der Waals surface area contributed by atoms with Gasteiger partial charge in [0.1, 0.15) is 5.52 Å². The molecule has 2 atom stereocenters. The van der Waals surface area contributed by atoms with Crippen LogP contribution in [-0.4, -0.2) is 44.1 Å². The average molecular weight is 384 g/mol. The number of fused-ring (bicyclic) bond motifs is 2. The highest BCUT2D eigenvalue weighted by Gasteiger charge is 2.40. The van der Waals surface area contributed by atoms with Gasteiger partial charge in [-0.3, -0.25) is 4.79 Å². The van der Waals surface area contributed by atoms with Gasteiger partial charge in [0, 0.05) is 23.6 Å². The number of aliphatic hydroxyl groups is 1. The number of benzene rings is 3. The van der Waals surface area contributed by atoms with Crippen LogP contribution in [0.5, 0.6) is 0 Å². The molecule has 4 aromatic rings. The van der Waals surface area contributed by atoms with E-state index < -0.39 is 6.17 Å². The molecule has 144 valence electrons. The lowest BCUT2D eigenvalue weighted by molar-refractivity contribution is 0.0656. The van der Waals surface area contributed by atoms with E-state index in [-0.39, 0.29) is 18.4 Å². The predicted octanol–water partition coefficient (Wildman–Crippen LogP) is 3.21. The molecule has 0 saturated heterocycles. The molecule has 2 heterocycles. The van der Waals surface area contributed by atoms with Crippen LogP contribution in [0.1, 0.15) is 33.6 Å². The van der Waals surface area contributed by atoms with Crippen LogP contribution < -0.4 is 0 Å². The van der Waals surface area contributed by atoms with Crippen molar-refractivity contribution in [3.05, 3.63) is 95.6 Å². The molecule has 0 fully saturated rings. The summed E-state index contributed by atoms with van der Waals surface area (Å²) in [5, 5.41) is 18.7. The maximum Gasteiger partial charge on any atom is 0.256 e. The Morgan fingerprint density at radius 1 is 0.931 bits per heavy atom. The number of hydrogen-bond donors (Lipinski definition) is 1. The van der Waals surface area contributed by atoms with Crippen LogP contribution in [0.4, 0.5) is 0 Å². The summed E-state index contributed by atoms with van der Waals surface area (Å²) in [7, 11) is 0. The van der Waals surface area contributed by atoms with Gasteiger partial charge in [-0.15, -0.1) is 5.10 Å². The maximum absolute atomic E-state index is 13.3. The van der Waals surface area contributed by atoms with E-state index in [4.69, 9.17) is 0 Å². The molecule has 0 saturated carbocycles. The van der Waals surface area contributed by atoms with E-state index >= 15 is 0 Å². The first-order chi connectivity index (χ1) is 14.3. The van der Waals surface area contributed by atoms with E-state index in [0.717, 1.165) is 22.2 Å². The molecular formula is C23H20N4O2. The number of rotatable bonds is 5. The minimum Gasteiger partial charge on any atom is -0.396 e. The standard InChI is InChI=1S/C23H20N4O2/c28-15-17(16-8-2-1-3-9-16)14-26-22(18-10-4-5-11-19(18)23(26)29)27-21-13-7-6-12-20(21)24-25-27/h1-13,17,22,28H,14-15H2/t17-,22?/m0/s1. The van der Waals surface area contributed by atoms with Crippen LogP contribution in [0.15, 0.2) is 78.9 Å². The topological polar surface area (TPSA) is 71.2 Å². The smallest absolute Gasteiger partial charge is 0.256 e. The van der Waals surface area contributed by atoms with E-state index in [1.807, 2.05) is 78.9 Å². The fourth-order valence-electron chi connectivity index (χ4n) is 4.10. The van der Waals surface area contributed by atoms with Crippen LogP contribution in [0.25, 0.3) is 11.0 Å². The van der Waals surface area contributed by atoms with Crippen molar-refractivity contribution in [1.82, 2.24) is 19.9 Å². The van der Waals surface area contributed by atoms with Crippen LogP contribution in [0.3, 0.4) is 0 Å². The Morgan fingerprint density at radius 2 is 1.66 bits per heavy atom. The SMILES string of the molecule is O=C1c2ccccc2C(n2nnc3ccccc32)N1C[C@@H](CO)c1ccccc1. The predicted molar refractivity (Wildman–Crippen MR) is 109 cm³/mol. The van der Waals surface area contributed by atoms with Gasteiger partial charge in [-0.05, 0) is 23.8 Å². The molecule has 1 aliphatic heterocycles. The summed E-state index contributed by atoms with van der Waals surface area (Å²) in [6.45, 7) is 0.335. The van der Waals surface area contributed by atoms with Gasteiger partial charge in [-0.2, -0.15) is 0 Å². The molecule has 6 nitrogen and oxygen atoms in total.